The fourth-order valence-corrected chi connectivity index (χ4v) is 2.26. The van der Waals surface area contributed by atoms with Crippen molar-refractivity contribution >= 4 is 23.3 Å². The number of imidazole rings is 1. The third kappa shape index (κ3) is 3.74. The Morgan fingerprint density at radius 3 is 2.76 bits per heavy atom. The lowest BCUT2D eigenvalue weighted by Gasteiger charge is -2.08. The van der Waals surface area contributed by atoms with Gasteiger partial charge in [0.2, 0.25) is 0 Å². The second-order valence-electron chi connectivity index (χ2n) is 4.82. The third-order valence-electron chi connectivity index (χ3n) is 2.91. The van der Waals surface area contributed by atoms with Crippen molar-refractivity contribution in [2.75, 3.05) is 13.2 Å². The van der Waals surface area contributed by atoms with Gasteiger partial charge in [0, 0.05) is 6.54 Å². The van der Waals surface area contributed by atoms with E-state index in [9.17, 15) is 13.2 Å². The first-order valence-corrected chi connectivity index (χ1v) is 6.72. The minimum absolute atomic E-state index is 0.370. The molecule has 0 fully saturated rings. The molecule has 3 nitrogen and oxygen atoms in total. The topological polar surface area (TPSA) is 29.9 Å². The molecule has 0 aliphatic carbocycles. The number of fused-ring (bicyclic) bond motifs is 1. The number of alkyl halides is 3. The van der Waals surface area contributed by atoms with Crippen LogP contribution in [0.5, 0.6) is 0 Å². The van der Waals surface area contributed by atoms with Crippen molar-refractivity contribution in [1.82, 2.24) is 9.55 Å². The van der Waals surface area contributed by atoms with Crippen LogP contribution in [0, 0.1) is 4.77 Å². The maximum Gasteiger partial charge on any atom is 0.416 e. The molecule has 0 aliphatic rings. The van der Waals surface area contributed by atoms with E-state index in [1.165, 1.54) is 6.07 Å². The smallest absolute Gasteiger partial charge is 0.375 e. The molecule has 7 heteroatoms. The first-order chi connectivity index (χ1) is 9.79. The number of benzene rings is 1. The molecular weight excluding hydrogens is 301 g/mol. The molecule has 0 aliphatic heterocycles. The number of H-pyrrole nitrogens is 1. The van der Waals surface area contributed by atoms with E-state index in [0.29, 0.717) is 35.6 Å². The van der Waals surface area contributed by atoms with Crippen molar-refractivity contribution in [3.63, 3.8) is 0 Å². The van der Waals surface area contributed by atoms with Gasteiger partial charge < -0.3 is 14.3 Å². The van der Waals surface area contributed by atoms with Gasteiger partial charge in [0.05, 0.1) is 29.8 Å². The van der Waals surface area contributed by atoms with Gasteiger partial charge in [-0.2, -0.15) is 13.2 Å². The Morgan fingerprint density at radius 2 is 2.14 bits per heavy atom. The third-order valence-corrected chi connectivity index (χ3v) is 3.23. The molecule has 0 amide bonds. The Hall–Kier alpha value is -1.60. The highest BCUT2D eigenvalue weighted by Gasteiger charge is 2.30. The number of rotatable bonds is 5. The molecular formula is C14H15F3N2OS. The summed E-state index contributed by atoms with van der Waals surface area (Å²) in [5.74, 6) is 0. The second-order valence-corrected chi connectivity index (χ2v) is 5.21. The Balaban J connectivity index is 2.23. The number of nitrogens with zero attached hydrogens (tertiary/aromatic N) is 1. The average molecular weight is 316 g/mol. The molecule has 1 aromatic carbocycles. The van der Waals surface area contributed by atoms with Gasteiger partial charge in [-0.3, -0.25) is 0 Å². The monoisotopic (exact) mass is 316 g/mol. The summed E-state index contributed by atoms with van der Waals surface area (Å²) in [5, 5.41) is 0. The van der Waals surface area contributed by atoms with Crippen LogP contribution in [-0.2, 0) is 17.5 Å². The second kappa shape index (κ2) is 6.03. The Kier molecular flexibility index (Phi) is 4.53. The van der Waals surface area contributed by atoms with Gasteiger partial charge in [0.1, 0.15) is 0 Å². The zero-order valence-electron chi connectivity index (χ0n) is 11.5. The van der Waals surface area contributed by atoms with Crippen LogP contribution in [0.15, 0.2) is 30.4 Å². The summed E-state index contributed by atoms with van der Waals surface area (Å²) >= 11 is 5.14. The molecule has 0 saturated heterocycles. The van der Waals surface area contributed by atoms with Crippen LogP contribution in [-0.4, -0.2) is 22.8 Å². The SMILES string of the molecule is C=C(C)COCCn1c(=S)[nH]c2cc(C(F)(F)F)ccc21. The minimum atomic E-state index is -4.36. The van der Waals surface area contributed by atoms with Crippen LogP contribution in [0.1, 0.15) is 12.5 Å². The molecule has 0 atom stereocenters. The van der Waals surface area contributed by atoms with E-state index < -0.39 is 11.7 Å². The highest BCUT2D eigenvalue weighted by Crippen LogP contribution is 2.31. The van der Waals surface area contributed by atoms with Crippen molar-refractivity contribution in [2.24, 2.45) is 0 Å². The lowest BCUT2D eigenvalue weighted by atomic mass is 10.2. The lowest BCUT2D eigenvalue weighted by molar-refractivity contribution is -0.137. The summed E-state index contributed by atoms with van der Waals surface area (Å²) < 4.78 is 45.5. The quantitative estimate of drug-likeness (QED) is 0.506. The fraction of sp³-hybridized carbons (Fsp3) is 0.357. The van der Waals surface area contributed by atoms with Gasteiger partial charge >= 0.3 is 6.18 Å². The Bertz CT molecular complexity index is 715. The molecule has 1 heterocycles. The molecule has 0 unspecified atom stereocenters. The van der Waals surface area contributed by atoms with E-state index >= 15 is 0 Å². The molecule has 0 spiro atoms. The Labute approximate surface area is 125 Å². The van der Waals surface area contributed by atoms with Crippen LogP contribution < -0.4 is 0 Å². The standard InChI is InChI=1S/C14H15F3N2OS/c1-9(2)8-20-6-5-19-12-4-3-10(14(15,16)17)7-11(12)18-13(19)21/h3-4,7H,1,5-6,8H2,2H3,(H,18,21). The summed E-state index contributed by atoms with van der Waals surface area (Å²) in [4.78, 5) is 2.79. The van der Waals surface area contributed by atoms with E-state index in [2.05, 4.69) is 11.6 Å². The molecule has 1 aromatic heterocycles. The predicted octanol–water partition coefficient (Wildman–Crippen LogP) is 4.31. The number of aromatic nitrogens is 2. The molecule has 2 aromatic rings. The molecule has 1 N–H and O–H groups in total. The number of hydrogen-bond donors (Lipinski definition) is 1. The minimum Gasteiger partial charge on any atom is -0.375 e. The van der Waals surface area contributed by atoms with Gasteiger partial charge in [0.15, 0.2) is 4.77 Å². The zero-order valence-corrected chi connectivity index (χ0v) is 12.3. The number of ether oxygens (including phenoxy) is 1. The van der Waals surface area contributed by atoms with Crippen molar-refractivity contribution in [2.45, 2.75) is 19.6 Å². The fourth-order valence-electron chi connectivity index (χ4n) is 1.96. The van der Waals surface area contributed by atoms with E-state index in [0.717, 1.165) is 17.7 Å². The lowest BCUT2D eigenvalue weighted by Crippen LogP contribution is -2.07. The van der Waals surface area contributed by atoms with Crippen LogP contribution in [0.4, 0.5) is 13.2 Å². The summed E-state index contributed by atoms with van der Waals surface area (Å²) in [5.41, 5.74) is 1.21. The van der Waals surface area contributed by atoms with Crippen molar-refractivity contribution in [1.29, 1.82) is 0 Å². The van der Waals surface area contributed by atoms with Crippen LogP contribution in [0.25, 0.3) is 11.0 Å². The molecule has 2 rings (SSSR count). The first kappa shape index (κ1) is 15.8. The van der Waals surface area contributed by atoms with E-state index in [4.69, 9.17) is 17.0 Å². The summed E-state index contributed by atoms with van der Waals surface area (Å²) in [6.07, 6.45) is -4.36. The van der Waals surface area contributed by atoms with Crippen LogP contribution in [0.2, 0.25) is 0 Å². The first-order valence-electron chi connectivity index (χ1n) is 6.31. The zero-order chi connectivity index (χ0) is 15.6. The van der Waals surface area contributed by atoms with E-state index in [-0.39, 0.29) is 0 Å². The number of nitrogens with one attached hydrogen (secondary N) is 1. The number of aromatic amines is 1. The molecule has 0 radical (unpaired) electrons. The maximum atomic E-state index is 12.7. The van der Waals surface area contributed by atoms with Crippen LogP contribution >= 0.6 is 12.2 Å². The van der Waals surface area contributed by atoms with Gasteiger partial charge in [-0.1, -0.05) is 12.2 Å². The molecule has 0 saturated carbocycles. The van der Waals surface area contributed by atoms with Crippen LogP contribution in [0.3, 0.4) is 0 Å². The highest BCUT2D eigenvalue weighted by atomic mass is 32.1. The summed E-state index contributed by atoms with van der Waals surface area (Å²) in [7, 11) is 0. The van der Waals surface area contributed by atoms with Gasteiger partial charge in [-0.05, 0) is 37.3 Å². The Morgan fingerprint density at radius 1 is 1.43 bits per heavy atom. The van der Waals surface area contributed by atoms with Crippen molar-refractivity contribution < 1.29 is 17.9 Å². The van der Waals surface area contributed by atoms with E-state index in [1.54, 1.807) is 4.57 Å². The summed E-state index contributed by atoms with van der Waals surface area (Å²) in [6, 6.07) is 3.54. The number of halogens is 3. The molecule has 0 bridgehead atoms. The highest BCUT2D eigenvalue weighted by molar-refractivity contribution is 7.71. The number of hydrogen-bond acceptors (Lipinski definition) is 2. The average Bonchev–Trinajstić information content (AvgIpc) is 2.68. The van der Waals surface area contributed by atoms with E-state index in [1.807, 2.05) is 6.92 Å². The normalized spacial score (nSPS) is 12.0. The van der Waals surface area contributed by atoms with Gasteiger partial charge in [0.25, 0.3) is 0 Å². The van der Waals surface area contributed by atoms with Gasteiger partial charge in [-0.15, -0.1) is 0 Å². The van der Waals surface area contributed by atoms with Crippen molar-refractivity contribution in [3.05, 3.63) is 40.7 Å². The molecule has 114 valence electrons. The predicted molar refractivity (Wildman–Crippen MR) is 77.8 cm³/mol. The molecule has 21 heavy (non-hydrogen) atoms. The van der Waals surface area contributed by atoms with Gasteiger partial charge in [-0.25, -0.2) is 0 Å². The summed E-state index contributed by atoms with van der Waals surface area (Å²) in [6.45, 7) is 6.92. The maximum absolute atomic E-state index is 12.7. The largest absolute Gasteiger partial charge is 0.416 e. The van der Waals surface area contributed by atoms with Crippen molar-refractivity contribution in [3.8, 4) is 0 Å².